The molecular formula is C15H13ClO4S. The molecule has 6 heteroatoms. The van der Waals surface area contributed by atoms with Crippen molar-refractivity contribution >= 4 is 27.2 Å². The van der Waals surface area contributed by atoms with Gasteiger partial charge in [-0.3, -0.25) is 4.79 Å². The van der Waals surface area contributed by atoms with Crippen molar-refractivity contribution in [3.8, 4) is 5.75 Å². The summed E-state index contributed by atoms with van der Waals surface area (Å²) in [6.45, 7) is -0.172. The summed E-state index contributed by atoms with van der Waals surface area (Å²) in [5.74, 6) is 0.122. The van der Waals surface area contributed by atoms with Gasteiger partial charge in [0.15, 0.2) is 22.2 Å². The fraction of sp³-hybridized carbons (Fsp3) is 0.133. The van der Waals surface area contributed by atoms with Gasteiger partial charge in [0.05, 0.1) is 4.90 Å². The molecule has 4 nitrogen and oxygen atoms in total. The Hall–Kier alpha value is -1.85. The number of carbonyl (C=O) groups excluding carboxylic acids is 1. The molecule has 0 aliphatic rings. The van der Waals surface area contributed by atoms with Crippen molar-refractivity contribution in [2.24, 2.45) is 0 Å². The molecule has 0 unspecified atom stereocenters. The van der Waals surface area contributed by atoms with Gasteiger partial charge in [-0.15, -0.1) is 0 Å². The molecule has 21 heavy (non-hydrogen) atoms. The molecule has 0 aliphatic carbocycles. The van der Waals surface area contributed by atoms with Gasteiger partial charge in [-0.05, 0) is 42.5 Å². The van der Waals surface area contributed by atoms with E-state index in [2.05, 4.69) is 0 Å². The van der Waals surface area contributed by atoms with Crippen LogP contribution in [-0.2, 0) is 9.84 Å². The first-order chi connectivity index (χ1) is 9.86. The van der Waals surface area contributed by atoms with Gasteiger partial charge in [-0.25, -0.2) is 8.42 Å². The summed E-state index contributed by atoms with van der Waals surface area (Å²) in [5, 5.41) is 0.549. The summed E-state index contributed by atoms with van der Waals surface area (Å²) in [7, 11) is -3.30. The zero-order valence-electron chi connectivity index (χ0n) is 11.2. The molecule has 0 saturated carbocycles. The van der Waals surface area contributed by atoms with Crippen molar-refractivity contribution in [3.63, 3.8) is 0 Å². The number of benzene rings is 2. The Balaban J connectivity index is 2.06. The van der Waals surface area contributed by atoms with Crippen LogP contribution in [0.2, 0.25) is 5.02 Å². The zero-order chi connectivity index (χ0) is 15.5. The topological polar surface area (TPSA) is 60.4 Å². The first-order valence-corrected chi connectivity index (χ1v) is 8.35. The molecule has 0 aliphatic heterocycles. The third kappa shape index (κ3) is 4.31. The fourth-order valence-corrected chi connectivity index (χ4v) is 2.44. The molecule has 0 heterocycles. The van der Waals surface area contributed by atoms with Gasteiger partial charge in [-0.1, -0.05) is 17.7 Å². The number of rotatable bonds is 5. The number of Topliss-reactive ketones (excluding diaryl/α,β-unsaturated/α-hetero) is 1. The quantitative estimate of drug-likeness (QED) is 0.793. The molecule has 2 rings (SSSR count). The molecule has 0 fully saturated rings. The van der Waals surface area contributed by atoms with Gasteiger partial charge in [0.25, 0.3) is 0 Å². The molecule has 2 aromatic rings. The van der Waals surface area contributed by atoms with Crippen LogP contribution in [0, 0.1) is 0 Å². The molecule has 0 saturated heterocycles. The smallest absolute Gasteiger partial charge is 0.200 e. The van der Waals surface area contributed by atoms with Crippen LogP contribution in [-0.4, -0.2) is 27.1 Å². The van der Waals surface area contributed by atoms with Crippen LogP contribution in [0.4, 0.5) is 0 Å². The minimum atomic E-state index is -3.30. The Kier molecular flexibility index (Phi) is 4.65. The van der Waals surface area contributed by atoms with Gasteiger partial charge >= 0.3 is 0 Å². The third-order valence-electron chi connectivity index (χ3n) is 2.77. The Morgan fingerprint density at radius 1 is 1.14 bits per heavy atom. The molecular weight excluding hydrogens is 312 g/mol. The van der Waals surface area contributed by atoms with Crippen molar-refractivity contribution in [1.29, 1.82) is 0 Å². The highest BCUT2D eigenvalue weighted by molar-refractivity contribution is 7.90. The minimum absolute atomic E-state index is 0.152. The molecule has 0 N–H and O–H groups in total. The van der Waals surface area contributed by atoms with Crippen molar-refractivity contribution < 1.29 is 17.9 Å². The van der Waals surface area contributed by atoms with Gasteiger partial charge in [0.2, 0.25) is 0 Å². The van der Waals surface area contributed by atoms with Gasteiger partial charge in [0.1, 0.15) is 5.75 Å². The molecule has 110 valence electrons. The van der Waals surface area contributed by atoms with Gasteiger partial charge in [-0.2, -0.15) is 0 Å². The first kappa shape index (κ1) is 15.5. The summed E-state index contributed by atoms with van der Waals surface area (Å²) in [6, 6.07) is 12.5. The summed E-state index contributed by atoms with van der Waals surface area (Å²) in [5.41, 5.74) is 0.485. The predicted octanol–water partition coefficient (Wildman–Crippen LogP) is 3.01. The average Bonchev–Trinajstić information content (AvgIpc) is 2.45. The molecule has 2 aromatic carbocycles. The lowest BCUT2D eigenvalue weighted by atomic mass is 10.1. The number of ether oxygens (including phenoxy) is 1. The minimum Gasteiger partial charge on any atom is -0.485 e. The number of ketones is 1. The number of halogens is 1. The predicted molar refractivity (Wildman–Crippen MR) is 80.8 cm³/mol. The second kappa shape index (κ2) is 6.28. The summed E-state index contributed by atoms with van der Waals surface area (Å²) < 4.78 is 28.2. The molecule has 0 amide bonds. The Morgan fingerprint density at radius 3 is 2.43 bits per heavy atom. The fourth-order valence-electron chi connectivity index (χ4n) is 1.66. The second-order valence-corrected chi connectivity index (χ2v) is 6.92. The number of hydrogen-bond acceptors (Lipinski definition) is 4. The van der Waals surface area contributed by atoms with E-state index < -0.39 is 9.84 Å². The highest BCUT2D eigenvalue weighted by Crippen LogP contribution is 2.18. The zero-order valence-corrected chi connectivity index (χ0v) is 12.8. The van der Waals surface area contributed by atoms with Crippen LogP contribution in [0.3, 0.4) is 0 Å². The maximum atomic E-state index is 11.9. The standard InChI is InChI=1S/C15H13ClO4S/c1-21(18,19)14-4-2-3-13(9-14)20-10-15(17)11-5-7-12(16)8-6-11/h2-9H,10H2,1H3. The number of sulfone groups is 1. The maximum absolute atomic E-state index is 11.9. The molecule has 0 spiro atoms. The van der Waals surface area contributed by atoms with Gasteiger partial charge < -0.3 is 4.74 Å². The van der Waals surface area contributed by atoms with Crippen molar-refractivity contribution in [3.05, 3.63) is 59.1 Å². The molecule has 0 aromatic heterocycles. The Morgan fingerprint density at radius 2 is 1.81 bits per heavy atom. The Labute approximate surface area is 128 Å². The number of hydrogen-bond donors (Lipinski definition) is 0. The molecule has 0 bridgehead atoms. The van der Waals surface area contributed by atoms with Crippen LogP contribution in [0.15, 0.2) is 53.4 Å². The number of carbonyl (C=O) groups is 1. The normalized spacial score (nSPS) is 11.1. The van der Waals surface area contributed by atoms with Crippen LogP contribution < -0.4 is 4.74 Å². The van der Waals surface area contributed by atoms with E-state index >= 15 is 0 Å². The summed E-state index contributed by atoms with van der Waals surface area (Å²) in [4.78, 5) is 12.1. The monoisotopic (exact) mass is 324 g/mol. The van der Waals surface area contributed by atoms with Crippen LogP contribution in [0.25, 0.3) is 0 Å². The van der Waals surface area contributed by atoms with E-state index in [-0.39, 0.29) is 17.3 Å². The van der Waals surface area contributed by atoms with E-state index in [0.29, 0.717) is 16.3 Å². The molecule has 0 radical (unpaired) electrons. The lowest BCUT2D eigenvalue weighted by Gasteiger charge is -2.07. The third-order valence-corrected chi connectivity index (χ3v) is 4.13. The van der Waals surface area contributed by atoms with Crippen LogP contribution in [0.5, 0.6) is 5.75 Å². The molecule has 0 atom stereocenters. The van der Waals surface area contributed by atoms with Gasteiger partial charge in [0, 0.05) is 16.8 Å². The van der Waals surface area contributed by atoms with E-state index in [1.807, 2.05) is 0 Å². The van der Waals surface area contributed by atoms with E-state index in [1.165, 1.54) is 12.1 Å². The highest BCUT2D eigenvalue weighted by Gasteiger charge is 2.10. The first-order valence-electron chi connectivity index (χ1n) is 6.08. The van der Waals surface area contributed by atoms with E-state index in [1.54, 1.807) is 36.4 Å². The highest BCUT2D eigenvalue weighted by atomic mass is 35.5. The summed E-state index contributed by atoms with van der Waals surface area (Å²) in [6.07, 6.45) is 1.12. The van der Waals surface area contributed by atoms with Crippen LogP contribution >= 0.6 is 11.6 Å². The maximum Gasteiger partial charge on any atom is 0.200 e. The largest absolute Gasteiger partial charge is 0.485 e. The van der Waals surface area contributed by atoms with E-state index in [0.717, 1.165) is 6.26 Å². The van der Waals surface area contributed by atoms with Crippen LogP contribution in [0.1, 0.15) is 10.4 Å². The van der Waals surface area contributed by atoms with E-state index in [4.69, 9.17) is 16.3 Å². The summed E-state index contributed by atoms with van der Waals surface area (Å²) >= 11 is 5.75. The van der Waals surface area contributed by atoms with E-state index in [9.17, 15) is 13.2 Å². The van der Waals surface area contributed by atoms with Crippen molar-refractivity contribution in [2.75, 3.05) is 12.9 Å². The lowest BCUT2D eigenvalue weighted by molar-refractivity contribution is 0.0921. The Bertz CT molecular complexity index is 751. The average molecular weight is 325 g/mol. The second-order valence-electron chi connectivity index (χ2n) is 4.47. The van der Waals surface area contributed by atoms with Crippen molar-refractivity contribution in [2.45, 2.75) is 4.90 Å². The SMILES string of the molecule is CS(=O)(=O)c1cccc(OCC(=O)c2ccc(Cl)cc2)c1. The van der Waals surface area contributed by atoms with Crippen molar-refractivity contribution in [1.82, 2.24) is 0 Å². The lowest BCUT2D eigenvalue weighted by Crippen LogP contribution is -2.11.